The third-order valence-electron chi connectivity index (χ3n) is 2.65. The second-order valence-corrected chi connectivity index (χ2v) is 5.90. The van der Waals surface area contributed by atoms with Gasteiger partial charge in [0.1, 0.15) is 0 Å². The molecule has 0 fully saturated rings. The van der Waals surface area contributed by atoms with Gasteiger partial charge in [-0.2, -0.15) is 0 Å². The topological polar surface area (TPSA) is 68.0 Å². The number of rotatable bonds is 4. The third kappa shape index (κ3) is 2.98. The molecule has 96 valence electrons. The predicted molar refractivity (Wildman–Crippen MR) is 78.2 cm³/mol. The second-order valence-electron chi connectivity index (χ2n) is 4.42. The number of aromatic nitrogens is 1. The van der Waals surface area contributed by atoms with E-state index >= 15 is 0 Å². The molecule has 0 bridgehead atoms. The molecular formula is C13H17N3OS. The van der Waals surface area contributed by atoms with E-state index in [0.29, 0.717) is 11.4 Å². The van der Waals surface area contributed by atoms with Gasteiger partial charge in [-0.1, -0.05) is 0 Å². The first-order valence-electron chi connectivity index (χ1n) is 5.77. The maximum Gasteiger partial charge on any atom is 0.0743 e. The lowest BCUT2D eigenvalue weighted by atomic mass is 10.1. The first kappa shape index (κ1) is 12.8. The fraction of sp³-hybridized carbons (Fsp3) is 0.308. The lowest BCUT2D eigenvalue weighted by Gasteiger charge is -2.15. The summed E-state index contributed by atoms with van der Waals surface area (Å²) >= 11 is 0. The van der Waals surface area contributed by atoms with Crippen molar-refractivity contribution in [3.05, 3.63) is 30.5 Å². The fourth-order valence-electron chi connectivity index (χ4n) is 1.95. The molecule has 3 N–H and O–H groups in total. The van der Waals surface area contributed by atoms with Crippen molar-refractivity contribution in [3.8, 4) is 0 Å². The monoisotopic (exact) mass is 263 g/mol. The summed E-state index contributed by atoms with van der Waals surface area (Å²) in [5.74, 6) is 0.624. The molecule has 2 aromatic rings. The molecule has 0 aliphatic carbocycles. The number of nitrogens with zero attached hydrogens (tertiary/aromatic N) is 1. The van der Waals surface area contributed by atoms with Crippen LogP contribution < -0.4 is 11.1 Å². The van der Waals surface area contributed by atoms with E-state index in [1.807, 2.05) is 31.2 Å². The highest BCUT2D eigenvalue weighted by atomic mass is 32.2. The number of hydrogen-bond donors (Lipinski definition) is 2. The van der Waals surface area contributed by atoms with Crippen molar-refractivity contribution < 1.29 is 4.21 Å². The Morgan fingerprint density at radius 1 is 1.44 bits per heavy atom. The van der Waals surface area contributed by atoms with Crippen LogP contribution >= 0.6 is 0 Å². The highest BCUT2D eigenvalue weighted by Gasteiger charge is 2.07. The van der Waals surface area contributed by atoms with Gasteiger partial charge in [-0.05, 0) is 31.2 Å². The van der Waals surface area contributed by atoms with Gasteiger partial charge in [0.2, 0.25) is 0 Å². The summed E-state index contributed by atoms with van der Waals surface area (Å²) < 4.78 is 11.2. The normalized spacial score (nSPS) is 14.3. The molecule has 0 spiro atoms. The van der Waals surface area contributed by atoms with E-state index in [-0.39, 0.29) is 6.04 Å². The van der Waals surface area contributed by atoms with Gasteiger partial charge in [-0.3, -0.25) is 9.19 Å². The number of pyridine rings is 1. The molecule has 1 aromatic heterocycles. The van der Waals surface area contributed by atoms with Crippen LogP contribution in [0.25, 0.3) is 10.9 Å². The van der Waals surface area contributed by atoms with Crippen LogP contribution in [0.3, 0.4) is 0 Å². The van der Waals surface area contributed by atoms with E-state index in [1.165, 1.54) is 0 Å². The number of nitrogens with one attached hydrogen (secondary N) is 1. The van der Waals surface area contributed by atoms with Gasteiger partial charge in [0.05, 0.1) is 5.52 Å². The smallest absolute Gasteiger partial charge is 0.0743 e. The summed E-state index contributed by atoms with van der Waals surface area (Å²) in [5.41, 5.74) is 8.31. The Morgan fingerprint density at radius 3 is 2.94 bits per heavy atom. The van der Waals surface area contributed by atoms with Gasteiger partial charge in [-0.15, -0.1) is 0 Å². The standard InChI is InChI=1S/C13H17N3OS/c1-9(8-18(2)17)16-12-5-6-15-13-7-10(14)3-4-11(12)13/h3-7,9H,8,14H2,1-2H3,(H,15,16). The zero-order valence-electron chi connectivity index (χ0n) is 10.5. The lowest BCUT2D eigenvalue weighted by Crippen LogP contribution is -2.22. The van der Waals surface area contributed by atoms with Gasteiger partial charge in [0, 0.05) is 51.8 Å². The number of nitrogen functional groups attached to an aromatic ring is 1. The maximum absolute atomic E-state index is 11.2. The number of anilines is 2. The molecule has 1 aromatic carbocycles. The quantitative estimate of drug-likeness (QED) is 0.828. The molecule has 1 heterocycles. The van der Waals surface area contributed by atoms with E-state index in [2.05, 4.69) is 10.3 Å². The molecule has 0 aliphatic rings. The first-order valence-corrected chi connectivity index (χ1v) is 7.50. The molecule has 0 amide bonds. The third-order valence-corrected chi connectivity index (χ3v) is 3.62. The van der Waals surface area contributed by atoms with Crippen LogP contribution in [-0.4, -0.2) is 27.2 Å². The Hall–Kier alpha value is -1.62. The summed E-state index contributed by atoms with van der Waals surface area (Å²) in [4.78, 5) is 4.29. The Labute approximate surface area is 109 Å². The molecule has 2 rings (SSSR count). The van der Waals surface area contributed by atoms with Gasteiger partial charge < -0.3 is 11.1 Å². The first-order chi connectivity index (χ1) is 8.56. The van der Waals surface area contributed by atoms with Crippen LogP contribution in [0.15, 0.2) is 30.5 Å². The van der Waals surface area contributed by atoms with Crippen molar-refractivity contribution in [1.29, 1.82) is 0 Å². The van der Waals surface area contributed by atoms with Crippen LogP contribution in [-0.2, 0) is 10.8 Å². The maximum atomic E-state index is 11.2. The molecule has 2 unspecified atom stereocenters. The predicted octanol–water partition coefficient (Wildman–Crippen LogP) is 2.00. The average Bonchev–Trinajstić information content (AvgIpc) is 2.27. The van der Waals surface area contributed by atoms with Crippen LogP contribution in [0.4, 0.5) is 11.4 Å². The molecule has 2 atom stereocenters. The van der Waals surface area contributed by atoms with Crippen LogP contribution in [0.1, 0.15) is 6.92 Å². The molecule has 0 radical (unpaired) electrons. The minimum Gasteiger partial charge on any atom is -0.399 e. The molecule has 4 nitrogen and oxygen atoms in total. The number of hydrogen-bond acceptors (Lipinski definition) is 4. The number of benzene rings is 1. The Morgan fingerprint density at radius 2 is 2.22 bits per heavy atom. The molecule has 0 aliphatic heterocycles. The van der Waals surface area contributed by atoms with E-state index in [1.54, 1.807) is 12.5 Å². The number of nitrogens with two attached hydrogens (primary N) is 1. The molecule has 0 saturated carbocycles. The summed E-state index contributed by atoms with van der Waals surface area (Å²) in [7, 11) is -0.805. The van der Waals surface area contributed by atoms with Gasteiger partial charge >= 0.3 is 0 Å². The lowest BCUT2D eigenvalue weighted by molar-refractivity contribution is 0.683. The van der Waals surface area contributed by atoms with Crippen LogP contribution in [0.2, 0.25) is 0 Å². The Balaban J connectivity index is 2.30. The van der Waals surface area contributed by atoms with E-state index in [4.69, 9.17) is 5.73 Å². The van der Waals surface area contributed by atoms with Gasteiger partial charge in [0.15, 0.2) is 0 Å². The Kier molecular flexibility index (Phi) is 3.81. The summed E-state index contributed by atoms with van der Waals surface area (Å²) in [6.45, 7) is 2.02. The highest BCUT2D eigenvalue weighted by molar-refractivity contribution is 7.84. The SMILES string of the molecule is CC(CS(C)=O)Nc1ccnc2cc(N)ccc12. The van der Waals surface area contributed by atoms with Gasteiger partial charge in [-0.25, -0.2) is 0 Å². The summed E-state index contributed by atoms with van der Waals surface area (Å²) in [6, 6.07) is 7.74. The minimum atomic E-state index is -0.805. The van der Waals surface area contributed by atoms with Crippen molar-refractivity contribution in [3.63, 3.8) is 0 Å². The average molecular weight is 263 g/mol. The zero-order chi connectivity index (χ0) is 13.1. The van der Waals surface area contributed by atoms with Crippen molar-refractivity contribution in [2.75, 3.05) is 23.1 Å². The van der Waals surface area contributed by atoms with Crippen LogP contribution in [0.5, 0.6) is 0 Å². The molecule has 0 saturated heterocycles. The highest BCUT2D eigenvalue weighted by Crippen LogP contribution is 2.23. The van der Waals surface area contributed by atoms with Crippen molar-refractivity contribution in [2.45, 2.75) is 13.0 Å². The molecule has 18 heavy (non-hydrogen) atoms. The minimum absolute atomic E-state index is 0.152. The van der Waals surface area contributed by atoms with Crippen molar-refractivity contribution >= 4 is 33.1 Å². The van der Waals surface area contributed by atoms with E-state index in [0.717, 1.165) is 16.6 Å². The van der Waals surface area contributed by atoms with Crippen molar-refractivity contribution in [1.82, 2.24) is 4.98 Å². The zero-order valence-corrected chi connectivity index (χ0v) is 11.3. The van der Waals surface area contributed by atoms with Gasteiger partial charge in [0.25, 0.3) is 0 Å². The van der Waals surface area contributed by atoms with Crippen molar-refractivity contribution in [2.24, 2.45) is 0 Å². The van der Waals surface area contributed by atoms with E-state index in [9.17, 15) is 4.21 Å². The largest absolute Gasteiger partial charge is 0.399 e. The fourth-order valence-corrected chi connectivity index (χ4v) is 2.74. The molecule has 5 heteroatoms. The molecular weight excluding hydrogens is 246 g/mol. The van der Waals surface area contributed by atoms with Crippen LogP contribution in [0, 0.1) is 0 Å². The second kappa shape index (κ2) is 5.35. The summed E-state index contributed by atoms with van der Waals surface area (Å²) in [5, 5.41) is 4.39. The summed E-state index contributed by atoms with van der Waals surface area (Å²) in [6.07, 6.45) is 3.46. The van der Waals surface area contributed by atoms with E-state index < -0.39 is 10.8 Å². The number of fused-ring (bicyclic) bond motifs is 1. The Bertz CT molecular complexity index is 585.